The second kappa shape index (κ2) is 15.7. The van der Waals surface area contributed by atoms with Gasteiger partial charge in [0, 0.05) is 0 Å². The van der Waals surface area contributed by atoms with Crippen molar-refractivity contribution in [3.8, 4) is 0 Å². The van der Waals surface area contributed by atoms with Gasteiger partial charge in [0.25, 0.3) is 0 Å². The van der Waals surface area contributed by atoms with Crippen LogP contribution in [0.5, 0.6) is 0 Å². The summed E-state index contributed by atoms with van der Waals surface area (Å²) in [4.78, 5) is 0. The first-order chi connectivity index (χ1) is 2.50. The monoisotopic (exact) mass is 159 g/mol. The maximum atomic E-state index is 2.12. The first-order valence-electron chi connectivity index (χ1n) is 1.82. The molecule has 0 aromatic rings. The van der Waals surface area contributed by atoms with Crippen molar-refractivity contribution >= 4 is 0 Å². The van der Waals surface area contributed by atoms with Crippen LogP contribution in [0.3, 0.4) is 0 Å². The molecule has 0 unspecified atom stereocenters. The number of hydrogen-bond donors (Lipinski definition) is 0. The Hall–Kier alpha value is 0.194. The van der Waals surface area contributed by atoms with Crippen molar-refractivity contribution in [3.63, 3.8) is 0 Å². The van der Waals surface area contributed by atoms with E-state index in [1.54, 1.807) is 0 Å². The molecule has 9 heavy (non-hydrogen) atoms. The minimum absolute atomic E-state index is 0. The fourth-order valence-corrected chi connectivity index (χ4v) is 0.393. The van der Waals surface area contributed by atoms with Gasteiger partial charge < -0.3 is 22.3 Å². The normalized spacial score (nSPS) is 9.78. The van der Waals surface area contributed by atoms with Crippen LogP contribution in [0.4, 0.5) is 0 Å². The summed E-state index contributed by atoms with van der Waals surface area (Å²) >= 11 is 0. The van der Waals surface area contributed by atoms with E-state index in [-0.39, 0.29) is 44.0 Å². The predicted octanol–water partition coefficient (Wildman–Crippen LogP) is 2.85. The van der Waals surface area contributed by atoms with Gasteiger partial charge in [-0.15, -0.1) is 0 Å². The number of hydrogen-bond acceptors (Lipinski definition) is 0. The molecular weight excluding hydrogens is 144 g/mol. The number of rotatable bonds is 0. The van der Waals surface area contributed by atoms with Gasteiger partial charge >= 0.3 is 21.7 Å². The third-order valence-electron chi connectivity index (χ3n) is 0.655. The first kappa shape index (κ1) is 22.9. The molecule has 0 spiro atoms. The van der Waals surface area contributed by atoms with Crippen LogP contribution in [0.15, 0.2) is 24.3 Å². The van der Waals surface area contributed by atoms with Crippen molar-refractivity contribution in [2.24, 2.45) is 0 Å². The van der Waals surface area contributed by atoms with E-state index in [9.17, 15) is 0 Å². The fraction of sp³-hybridized carbons (Fsp3) is 0.125. The Balaban J connectivity index is -0.0000000312. The average Bonchev–Trinajstić information content (AvgIpc) is 1.76. The van der Waals surface area contributed by atoms with Gasteiger partial charge in [0.2, 0.25) is 0 Å². The van der Waals surface area contributed by atoms with E-state index in [1.807, 2.05) is 0 Å². The summed E-state index contributed by atoms with van der Waals surface area (Å²) in [5, 5.41) is 0. The molecule has 0 saturated carbocycles. The van der Waals surface area contributed by atoms with E-state index in [0.29, 0.717) is 0 Å². The van der Waals surface area contributed by atoms with Gasteiger partial charge in [0.05, 0.1) is 0 Å². The smallest absolute Gasteiger partial charge is 0.358 e. The zero-order valence-electron chi connectivity index (χ0n) is 6.52. The van der Waals surface area contributed by atoms with Crippen molar-refractivity contribution in [1.29, 1.82) is 0 Å². The van der Waals surface area contributed by atoms with Gasteiger partial charge in [-0.25, -0.2) is 0 Å². The average molecular weight is 159 g/mol. The standard InChI is InChI=1S/C5H6.3CH3.Ti/c1-2-4-5-3-1;;;;/h1-4H,5H2;3*1H3;/q;3*-1;+3. The summed E-state index contributed by atoms with van der Waals surface area (Å²) in [6.45, 7) is 0. The van der Waals surface area contributed by atoms with Crippen LogP contribution in [0.2, 0.25) is 0 Å². The van der Waals surface area contributed by atoms with Crippen molar-refractivity contribution in [2.75, 3.05) is 0 Å². The molecule has 0 atom stereocenters. The second-order valence-electron chi connectivity index (χ2n) is 1.09. The molecule has 0 amide bonds. The van der Waals surface area contributed by atoms with Gasteiger partial charge in [0.15, 0.2) is 0 Å². The van der Waals surface area contributed by atoms with Crippen LogP contribution in [0, 0.1) is 22.3 Å². The predicted molar refractivity (Wildman–Crippen MR) is 42.1 cm³/mol. The maximum Gasteiger partial charge on any atom is 3.00 e. The van der Waals surface area contributed by atoms with Crippen LogP contribution < -0.4 is 0 Å². The molecule has 0 nitrogen and oxygen atoms in total. The number of allylic oxidation sites excluding steroid dienone is 4. The van der Waals surface area contributed by atoms with Gasteiger partial charge in [-0.3, -0.25) is 0 Å². The molecule has 0 aromatic carbocycles. The SMILES string of the molecule is C1=CCC=C1.[CH3-].[CH3-].[CH3-].[Ti+3]. The summed E-state index contributed by atoms with van der Waals surface area (Å²) in [7, 11) is 0. The van der Waals surface area contributed by atoms with Gasteiger partial charge in [-0.1, -0.05) is 24.3 Å². The maximum absolute atomic E-state index is 2.12. The molecule has 1 radical (unpaired) electrons. The Morgan fingerprint density at radius 3 is 1.22 bits per heavy atom. The Morgan fingerprint density at radius 2 is 1.11 bits per heavy atom. The Morgan fingerprint density at radius 1 is 0.778 bits per heavy atom. The van der Waals surface area contributed by atoms with Gasteiger partial charge in [-0.2, -0.15) is 0 Å². The second-order valence-corrected chi connectivity index (χ2v) is 1.09. The van der Waals surface area contributed by atoms with E-state index < -0.39 is 0 Å². The summed E-state index contributed by atoms with van der Waals surface area (Å²) < 4.78 is 0. The quantitative estimate of drug-likeness (QED) is 0.376. The summed E-state index contributed by atoms with van der Waals surface area (Å²) in [6, 6.07) is 0. The Bertz CT molecular complexity index is 62.6. The van der Waals surface area contributed by atoms with Crippen LogP contribution in [-0.4, -0.2) is 0 Å². The van der Waals surface area contributed by atoms with E-state index in [1.165, 1.54) is 0 Å². The molecule has 1 rings (SSSR count). The van der Waals surface area contributed by atoms with Crippen molar-refractivity contribution in [2.45, 2.75) is 6.42 Å². The minimum atomic E-state index is 0. The van der Waals surface area contributed by atoms with Gasteiger partial charge in [0.1, 0.15) is 0 Å². The van der Waals surface area contributed by atoms with Crippen molar-refractivity contribution in [1.82, 2.24) is 0 Å². The summed E-state index contributed by atoms with van der Waals surface area (Å²) in [6.07, 6.45) is 9.50. The molecule has 0 saturated heterocycles. The molecule has 0 bridgehead atoms. The van der Waals surface area contributed by atoms with Gasteiger partial charge in [-0.05, 0) is 6.42 Å². The third kappa shape index (κ3) is 11.7. The zero-order chi connectivity index (χ0) is 3.54. The van der Waals surface area contributed by atoms with Crippen molar-refractivity contribution in [3.05, 3.63) is 46.6 Å². The molecular formula is C8H15Ti. The van der Waals surface area contributed by atoms with E-state index in [4.69, 9.17) is 0 Å². The molecule has 1 aliphatic carbocycles. The molecule has 51 valence electrons. The van der Waals surface area contributed by atoms with E-state index >= 15 is 0 Å². The third-order valence-corrected chi connectivity index (χ3v) is 0.655. The molecule has 1 heteroatoms. The van der Waals surface area contributed by atoms with Crippen LogP contribution >= 0.6 is 0 Å². The van der Waals surface area contributed by atoms with E-state index in [2.05, 4.69) is 24.3 Å². The van der Waals surface area contributed by atoms with Crippen LogP contribution in [0.25, 0.3) is 0 Å². The molecule has 0 N–H and O–H groups in total. The Kier molecular flexibility index (Phi) is 40.0. The topological polar surface area (TPSA) is 0 Å². The van der Waals surface area contributed by atoms with Crippen LogP contribution in [-0.2, 0) is 21.7 Å². The minimum Gasteiger partial charge on any atom is -0.358 e. The molecule has 0 aliphatic heterocycles. The van der Waals surface area contributed by atoms with E-state index in [0.717, 1.165) is 6.42 Å². The summed E-state index contributed by atoms with van der Waals surface area (Å²) in [5.74, 6) is 0. The largest absolute Gasteiger partial charge is 3.00 e. The first-order valence-corrected chi connectivity index (χ1v) is 1.82. The molecule has 0 heterocycles. The Labute approximate surface area is 74.9 Å². The fourth-order valence-electron chi connectivity index (χ4n) is 0.393. The summed E-state index contributed by atoms with van der Waals surface area (Å²) in [5.41, 5.74) is 0. The molecule has 1 aliphatic rings. The molecule has 0 fully saturated rings. The van der Waals surface area contributed by atoms with Crippen LogP contribution in [0.1, 0.15) is 6.42 Å². The van der Waals surface area contributed by atoms with Crippen molar-refractivity contribution < 1.29 is 21.7 Å². The zero-order valence-corrected chi connectivity index (χ0v) is 8.08. The molecule has 0 aromatic heterocycles.